The Bertz CT molecular complexity index is 341. The highest BCUT2D eigenvalue weighted by Gasteiger charge is 2.59. The largest absolute Gasteiger partial charge is 0.438 e. The number of aliphatic hydroxyl groups is 1. The highest BCUT2D eigenvalue weighted by molar-refractivity contribution is 5.72. The van der Waals surface area contributed by atoms with Gasteiger partial charge in [0.25, 0.3) is 0 Å². The fourth-order valence-electron chi connectivity index (χ4n) is 3.00. The first-order chi connectivity index (χ1) is 8.29. The fraction of sp³-hybridized carbons (Fsp3) is 0.923. The van der Waals surface area contributed by atoms with Crippen LogP contribution in [0.3, 0.4) is 0 Å². The maximum Gasteiger partial charge on any atom is 0.413 e. The number of nitrogens with zero attached hydrogens (tertiary/aromatic N) is 1. The molecule has 0 saturated carbocycles. The molecule has 0 aromatic heterocycles. The summed E-state index contributed by atoms with van der Waals surface area (Å²) in [4.78, 5) is 15.1. The number of carbonyl (C=O) groups excluding carboxylic acids is 1. The molecule has 0 aromatic rings. The van der Waals surface area contributed by atoms with Crippen molar-refractivity contribution in [1.29, 1.82) is 0 Å². The number of hydrogen-bond donors (Lipinski definition) is 2. The SMILES string of the molecule is CC[NH+]1CCC[C@H](N2C(=O)OC(C)(C)[C@@]2(C)O)C1. The van der Waals surface area contributed by atoms with Crippen LogP contribution in [0.2, 0.25) is 0 Å². The van der Waals surface area contributed by atoms with E-state index in [4.69, 9.17) is 4.74 Å². The van der Waals surface area contributed by atoms with Crippen molar-refractivity contribution in [3.05, 3.63) is 0 Å². The Morgan fingerprint density at radius 3 is 2.67 bits per heavy atom. The first-order valence-electron chi connectivity index (χ1n) is 6.88. The van der Waals surface area contributed by atoms with Crippen molar-refractivity contribution in [2.45, 2.75) is 57.9 Å². The van der Waals surface area contributed by atoms with E-state index in [2.05, 4.69) is 6.92 Å². The van der Waals surface area contributed by atoms with Gasteiger partial charge in [0, 0.05) is 0 Å². The average Bonchev–Trinajstić information content (AvgIpc) is 2.43. The van der Waals surface area contributed by atoms with Gasteiger partial charge in [0.05, 0.1) is 25.7 Å². The molecule has 104 valence electrons. The van der Waals surface area contributed by atoms with E-state index >= 15 is 0 Å². The predicted octanol–water partition coefficient (Wildman–Crippen LogP) is -0.00710. The molecule has 2 aliphatic rings. The van der Waals surface area contributed by atoms with Crippen molar-refractivity contribution in [1.82, 2.24) is 4.90 Å². The molecule has 2 saturated heterocycles. The van der Waals surface area contributed by atoms with E-state index in [1.165, 1.54) is 4.90 Å². The Labute approximate surface area is 109 Å². The van der Waals surface area contributed by atoms with Crippen molar-refractivity contribution in [3.8, 4) is 0 Å². The monoisotopic (exact) mass is 257 g/mol. The maximum absolute atomic E-state index is 12.0. The zero-order valence-corrected chi connectivity index (χ0v) is 11.8. The summed E-state index contributed by atoms with van der Waals surface area (Å²) in [5.41, 5.74) is -2.08. The number of hydrogen-bond acceptors (Lipinski definition) is 3. The Morgan fingerprint density at radius 1 is 1.50 bits per heavy atom. The van der Waals surface area contributed by atoms with Gasteiger partial charge in [-0.2, -0.15) is 0 Å². The number of cyclic esters (lactones) is 1. The van der Waals surface area contributed by atoms with Gasteiger partial charge in [-0.25, -0.2) is 4.79 Å². The first-order valence-corrected chi connectivity index (χ1v) is 6.88. The molecule has 0 aromatic carbocycles. The smallest absolute Gasteiger partial charge is 0.413 e. The van der Waals surface area contributed by atoms with E-state index in [0.29, 0.717) is 0 Å². The van der Waals surface area contributed by atoms with E-state index in [-0.39, 0.29) is 12.1 Å². The van der Waals surface area contributed by atoms with Gasteiger partial charge in [-0.1, -0.05) is 0 Å². The third kappa shape index (κ3) is 1.99. The number of nitrogens with one attached hydrogen (secondary N) is 1. The van der Waals surface area contributed by atoms with Crippen LogP contribution in [0.25, 0.3) is 0 Å². The van der Waals surface area contributed by atoms with E-state index in [1.54, 1.807) is 25.7 Å². The lowest BCUT2D eigenvalue weighted by molar-refractivity contribution is -0.905. The molecule has 2 rings (SSSR count). The average molecular weight is 257 g/mol. The number of piperidine rings is 1. The molecule has 0 aliphatic carbocycles. The van der Waals surface area contributed by atoms with Crippen molar-refractivity contribution < 1.29 is 19.5 Å². The molecular weight excluding hydrogens is 232 g/mol. The number of ether oxygens (including phenoxy) is 1. The molecule has 0 radical (unpaired) electrons. The maximum atomic E-state index is 12.0. The molecule has 2 fully saturated rings. The number of amides is 1. The van der Waals surface area contributed by atoms with Crippen molar-refractivity contribution in [3.63, 3.8) is 0 Å². The summed E-state index contributed by atoms with van der Waals surface area (Å²) >= 11 is 0. The van der Waals surface area contributed by atoms with Crippen LogP contribution in [0, 0.1) is 0 Å². The summed E-state index contributed by atoms with van der Waals surface area (Å²) in [5.74, 6) is 0. The number of carbonyl (C=O) groups is 1. The summed E-state index contributed by atoms with van der Waals surface area (Å²) in [7, 11) is 0. The van der Waals surface area contributed by atoms with Gasteiger partial charge in [-0.3, -0.25) is 4.90 Å². The summed E-state index contributed by atoms with van der Waals surface area (Å²) in [6, 6.07) is 0.0815. The van der Waals surface area contributed by atoms with Crippen LogP contribution in [0.5, 0.6) is 0 Å². The summed E-state index contributed by atoms with van der Waals surface area (Å²) < 4.78 is 5.33. The highest BCUT2D eigenvalue weighted by Crippen LogP contribution is 2.39. The minimum Gasteiger partial charge on any atom is -0.438 e. The van der Waals surface area contributed by atoms with Gasteiger partial charge in [-0.05, 0) is 40.5 Å². The van der Waals surface area contributed by atoms with Crippen molar-refractivity contribution in [2.24, 2.45) is 0 Å². The lowest BCUT2D eigenvalue weighted by Crippen LogP contribution is -3.14. The molecular formula is C13H25N2O3+. The van der Waals surface area contributed by atoms with Crippen LogP contribution >= 0.6 is 0 Å². The number of likely N-dealkylation sites (tertiary alicyclic amines) is 1. The second-order valence-corrected chi connectivity index (χ2v) is 6.12. The molecule has 1 amide bonds. The summed E-state index contributed by atoms with van der Waals surface area (Å²) in [6.07, 6.45) is 1.66. The molecule has 3 atom stereocenters. The van der Waals surface area contributed by atoms with Crippen LogP contribution in [0.15, 0.2) is 0 Å². The van der Waals surface area contributed by atoms with Crippen LogP contribution in [0.4, 0.5) is 4.79 Å². The fourth-order valence-corrected chi connectivity index (χ4v) is 3.00. The molecule has 2 N–H and O–H groups in total. The minimum absolute atomic E-state index is 0.0815. The molecule has 0 spiro atoms. The van der Waals surface area contributed by atoms with Crippen LogP contribution < -0.4 is 4.90 Å². The second kappa shape index (κ2) is 4.38. The standard InChI is InChI=1S/C13H24N2O3/c1-5-14-8-6-7-10(9-14)15-11(16)18-12(2,3)13(15,4)17/h10,17H,5-9H2,1-4H3/p+1/t10-,13+/m0/s1. The second-order valence-electron chi connectivity index (χ2n) is 6.12. The Kier molecular flexibility index (Phi) is 3.32. The normalized spacial score (nSPS) is 39.8. The topological polar surface area (TPSA) is 54.2 Å². The minimum atomic E-state index is -1.23. The molecule has 2 aliphatic heterocycles. The zero-order chi connectivity index (χ0) is 13.6. The molecule has 1 unspecified atom stereocenters. The molecule has 5 heteroatoms. The van der Waals surface area contributed by atoms with Crippen LogP contribution in [-0.4, -0.2) is 53.1 Å². The lowest BCUT2D eigenvalue weighted by atomic mass is 9.93. The summed E-state index contributed by atoms with van der Waals surface area (Å²) in [6.45, 7) is 10.5. The Hall–Kier alpha value is -0.810. The highest BCUT2D eigenvalue weighted by atomic mass is 16.6. The number of likely N-dealkylation sites (N-methyl/N-ethyl adjacent to an activating group) is 1. The van der Waals surface area contributed by atoms with Crippen molar-refractivity contribution in [2.75, 3.05) is 19.6 Å². The van der Waals surface area contributed by atoms with Crippen LogP contribution in [-0.2, 0) is 4.74 Å². The van der Waals surface area contributed by atoms with Gasteiger partial charge < -0.3 is 14.7 Å². The van der Waals surface area contributed by atoms with Gasteiger partial charge in [0.1, 0.15) is 0 Å². The molecule has 2 heterocycles. The van der Waals surface area contributed by atoms with E-state index in [9.17, 15) is 9.90 Å². The predicted molar refractivity (Wildman–Crippen MR) is 67.3 cm³/mol. The van der Waals surface area contributed by atoms with E-state index in [0.717, 1.165) is 32.5 Å². The Balaban J connectivity index is 2.19. The van der Waals surface area contributed by atoms with Gasteiger partial charge >= 0.3 is 6.09 Å². The quantitative estimate of drug-likeness (QED) is 0.732. The molecule has 0 bridgehead atoms. The van der Waals surface area contributed by atoms with Crippen LogP contribution in [0.1, 0.15) is 40.5 Å². The first kappa shape index (κ1) is 13.6. The summed E-state index contributed by atoms with van der Waals surface area (Å²) in [5, 5.41) is 10.6. The zero-order valence-electron chi connectivity index (χ0n) is 11.8. The van der Waals surface area contributed by atoms with Crippen molar-refractivity contribution >= 4 is 6.09 Å². The van der Waals surface area contributed by atoms with E-state index in [1.807, 2.05) is 0 Å². The van der Waals surface area contributed by atoms with Gasteiger partial charge in [0.15, 0.2) is 11.3 Å². The van der Waals surface area contributed by atoms with Gasteiger partial charge in [0.2, 0.25) is 0 Å². The number of quaternary nitrogens is 1. The van der Waals surface area contributed by atoms with Gasteiger partial charge in [-0.15, -0.1) is 0 Å². The Morgan fingerprint density at radius 2 is 2.17 bits per heavy atom. The van der Waals surface area contributed by atoms with E-state index < -0.39 is 11.3 Å². The molecule has 5 nitrogen and oxygen atoms in total. The lowest BCUT2D eigenvalue weighted by Gasteiger charge is -2.41. The number of rotatable bonds is 2. The third-order valence-electron chi connectivity index (χ3n) is 4.61. The third-order valence-corrected chi connectivity index (χ3v) is 4.61. The molecule has 18 heavy (non-hydrogen) atoms.